The topological polar surface area (TPSA) is 80.3 Å². The second-order valence-electron chi connectivity index (χ2n) is 6.63. The van der Waals surface area contributed by atoms with E-state index in [0.717, 1.165) is 54.5 Å². The van der Waals surface area contributed by atoms with E-state index in [4.69, 9.17) is 5.73 Å². The van der Waals surface area contributed by atoms with Crippen LogP contribution in [0.4, 0.5) is 5.82 Å². The van der Waals surface area contributed by atoms with Gasteiger partial charge in [-0.05, 0) is 35.2 Å². The summed E-state index contributed by atoms with van der Waals surface area (Å²) in [7, 11) is 0. The second kappa shape index (κ2) is 5.70. The van der Waals surface area contributed by atoms with Gasteiger partial charge in [-0.15, -0.1) is 0 Å². The Kier molecular flexibility index (Phi) is 3.76. The van der Waals surface area contributed by atoms with Gasteiger partial charge in [0.2, 0.25) is 5.91 Å². The number of halogens is 1. The fraction of sp³-hybridized carbons (Fsp3) is 0.562. The lowest BCUT2D eigenvalue weighted by molar-refractivity contribution is -0.135. The Bertz CT molecular complexity index is 791. The van der Waals surface area contributed by atoms with E-state index in [1.165, 1.54) is 12.7 Å². The van der Waals surface area contributed by atoms with Crippen molar-refractivity contribution in [2.75, 3.05) is 31.9 Å². The first-order valence-corrected chi connectivity index (χ1v) is 9.10. The van der Waals surface area contributed by atoms with Gasteiger partial charge in [-0.3, -0.25) is 9.69 Å². The third-order valence-electron chi connectivity index (χ3n) is 5.48. The molecule has 0 aromatic carbocycles. The average Bonchev–Trinajstić information content (AvgIpc) is 2.85. The highest BCUT2D eigenvalue weighted by Gasteiger charge is 2.46. The lowest BCUT2D eigenvalue weighted by atomic mass is 9.82. The van der Waals surface area contributed by atoms with E-state index in [1.54, 1.807) is 6.92 Å². The monoisotopic (exact) mass is 392 g/mol. The lowest BCUT2D eigenvalue weighted by Gasteiger charge is -2.53. The number of fused-ring (bicyclic) bond motifs is 1. The Balaban J connectivity index is 1.72. The molecule has 0 bridgehead atoms. The highest BCUT2D eigenvalue weighted by molar-refractivity contribution is 9.10. The van der Waals surface area contributed by atoms with Gasteiger partial charge in [-0.25, -0.2) is 9.97 Å². The van der Waals surface area contributed by atoms with Crippen molar-refractivity contribution in [1.29, 1.82) is 0 Å². The summed E-state index contributed by atoms with van der Waals surface area (Å²) in [6, 6.07) is 0. The molecule has 2 aromatic heterocycles. The molecule has 7 nitrogen and oxygen atoms in total. The van der Waals surface area contributed by atoms with E-state index < -0.39 is 0 Å². The number of nitrogens with two attached hydrogens (primary N) is 1. The maximum absolute atomic E-state index is 11.6. The highest BCUT2D eigenvalue weighted by atomic mass is 79.9. The fourth-order valence-electron chi connectivity index (χ4n) is 4.00. The molecule has 1 saturated heterocycles. The number of anilines is 1. The smallest absolute Gasteiger partial charge is 0.219 e. The van der Waals surface area contributed by atoms with Gasteiger partial charge in [0.05, 0.1) is 11.0 Å². The quantitative estimate of drug-likeness (QED) is 0.842. The summed E-state index contributed by atoms with van der Waals surface area (Å²) in [6.07, 6.45) is 7.00. The number of nitrogen functional groups attached to an aromatic ring is 1. The summed E-state index contributed by atoms with van der Waals surface area (Å²) in [5.41, 5.74) is 6.87. The number of carbonyl (C=O) groups excluding carboxylic acids is 1. The van der Waals surface area contributed by atoms with Crippen molar-refractivity contribution in [1.82, 2.24) is 24.3 Å². The van der Waals surface area contributed by atoms with Crippen molar-refractivity contribution in [3.05, 3.63) is 17.0 Å². The van der Waals surface area contributed by atoms with Crippen LogP contribution in [-0.4, -0.2) is 56.4 Å². The Morgan fingerprint density at radius 3 is 2.54 bits per heavy atom. The molecule has 2 N–H and O–H groups in total. The second-order valence-corrected chi connectivity index (χ2v) is 7.49. The minimum Gasteiger partial charge on any atom is -0.383 e. The standard InChI is InChI=1S/C16H21BrN6O/c1-11(24)21-5-7-22(8-6-21)16(3-2-4-16)23-9-12(17)13-14(18)19-10-20-15(13)23/h9-10H,2-8H2,1H3,(H2,18,19,20). The molecule has 1 amide bonds. The molecule has 1 aliphatic carbocycles. The van der Waals surface area contributed by atoms with E-state index >= 15 is 0 Å². The van der Waals surface area contributed by atoms with E-state index in [2.05, 4.69) is 41.6 Å². The minimum absolute atomic E-state index is 0.0616. The summed E-state index contributed by atoms with van der Waals surface area (Å²) in [6.45, 7) is 4.99. The third kappa shape index (κ3) is 2.23. The van der Waals surface area contributed by atoms with Crippen LogP contribution < -0.4 is 5.73 Å². The van der Waals surface area contributed by atoms with E-state index in [1.807, 2.05) is 4.90 Å². The maximum atomic E-state index is 11.6. The Morgan fingerprint density at radius 1 is 1.25 bits per heavy atom. The van der Waals surface area contributed by atoms with Crippen LogP contribution in [0.15, 0.2) is 17.0 Å². The van der Waals surface area contributed by atoms with E-state index in [-0.39, 0.29) is 11.6 Å². The van der Waals surface area contributed by atoms with Gasteiger partial charge in [-0.1, -0.05) is 0 Å². The summed E-state index contributed by atoms with van der Waals surface area (Å²) in [5, 5.41) is 0.881. The molecule has 2 fully saturated rings. The molecule has 0 atom stereocenters. The molecule has 0 spiro atoms. The predicted octanol–water partition coefficient (Wildman–Crippen LogP) is 1.78. The molecule has 0 unspecified atom stereocenters. The third-order valence-corrected chi connectivity index (χ3v) is 6.08. The summed E-state index contributed by atoms with van der Waals surface area (Å²) in [4.78, 5) is 24.6. The normalized spacial score (nSPS) is 21.0. The van der Waals surface area contributed by atoms with Crippen LogP contribution in [-0.2, 0) is 10.5 Å². The maximum Gasteiger partial charge on any atom is 0.219 e. The van der Waals surface area contributed by atoms with Gasteiger partial charge in [0.1, 0.15) is 17.8 Å². The Morgan fingerprint density at radius 2 is 1.96 bits per heavy atom. The highest BCUT2D eigenvalue weighted by Crippen LogP contribution is 2.46. The zero-order valence-electron chi connectivity index (χ0n) is 13.7. The van der Waals surface area contributed by atoms with Gasteiger partial charge in [0.25, 0.3) is 0 Å². The van der Waals surface area contributed by atoms with Crippen molar-refractivity contribution >= 4 is 38.7 Å². The van der Waals surface area contributed by atoms with Crippen LogP contribution in [0.25, 0.3) is 11.0 Å². The van der Waals surface area contributed by atoms with Crippen molar-refractivity contribution in [2.45, 2.75) is 31.8 Å². The van der Waals surface area contributed by atoms with Crippen LogP contribution in [0, 0.1) is 0 Å². The lowest BCUT2D eigenvalue weighted by Crippen LogP contribution is -2.61. The number of nitrogens with zero attached hydrogens (tertiary/aromatic N) is 5. The molecule has 1 aliphatic heterocycles. The van der Waals surface area contributed by atoms with E-state index in [0.29, 0.717) is 5.82 Å². The first-order chi connectivity index (χ1) is 11.5. The summed E-state index contributed by atoms with van der Waals surface area (Å²) in [5.74, 6) is 0.661. The number of piperazine rings is 1. The minimum atomic E-state index is -0.0616. The molecule has 128 valence electrons. The molecule has 4 rings (SSSR count). The van der Waals surface area contributed by atoms with Crippen LogP contribution in [0.5, 0.6) is 0 Å². The largest absolute Gasteiger partial charge is 0.383 e. The molecule has 24 heavy (non-hydrogen) atoms. The first-order valence-electron chi connectivity index (χ1n) is 8.31. The first kappa shape index (κ1) is 15.8. The molecular formula is C16H21BrN6O. The van der Waals surface area contributed by atoms with Crippen LogP contribution >= 0.6 is 15.9 Å². The number of hydrogen-bond acceptors (Lipinski definition) is 5. The number of hydrogen-bond donors (Lipinski definition) is 1. The van der Waals surface area contributed by atoms with Crippen molar-refractivity contribution < 1.29 is 4.79 Å². The zero-order valence-corrected chi connectivity index (χ0v) is 15.3. The van der Waals surface area contributed by atoms with Gasteiger partial charge >= 0.3 is 0 Å². The Labute approximate surface area is 148 Å². The van der Waals surface area contributed by atoms with Crippen molar-refractivity contribution in [3.8, 4) is 0 Å². The van der Waals surface area contributed by atoms with Crippen molar-refractivity contribution in [3.63, 3.8) is 0 Å². The zero-order chi connectivity index (χ0) is 16.9. The van der Waals surface area contributed by atoms with Crippen molar-refractivity contribution in [2.24, 2.45) is 0 Å². The molecule has 1 saturated carbocycles. The van der Waals surface area contributed by atoms with Crippen LogP contribution in [0.3, 0.4) is 0 Å². The molecular weight excluding hydrogens is 372 g/mol. The Hall–Kier alpha value is -1.67. The van der Waals surface area contributed by atoms with Crippen LogP contribution in [0.1, 0.15) is 26.2 Å². The molecule has 3 heterocycles. The predicted molar refractivity (Wildman–Crippen MR) is 95.3 cm³/mol. The molecule has 0 radical (unpaired) electrons. The summed E-state index contributed by atoms with van der Waals surface area (Å²) >= 11 is 3.61. The average molecular weight is 393 g/mol. The van der Waals surface area contributed by atoms with Crippen LogP contribution in [0.2, 0.25) is 0 Å². The van der Waals surface area contributed by atoms with Gasteiger partial charge in [0, 0.05) is 43.8 Å². The summed E-state index contributed by atoms with van der Waals surface area (Å²) < 4.78 is 3.20. The van der Waals surface area contributed by atoms with E-state index in [9.17, 15) is 4.79 Å². The number of amides is 1. The SMILES string of the molecule is CC(=O)N1CCN(C2(n3cc(Br)c4c(N)ncnc43)CCC2)CC1. The molecule has 8 heteroatoms. The molecule has 2 aromatic rings. The van der Waals surface area contributed by atoms with Gasteiger partial charge < -0.3 is 15.2 Å². The van der Waals surface area contributed by atoms with Gasteiger partial charge in [-0.2, -0.15) is 0 Å². The number of aromatic nitrogens is 3. The van der Waals surface area contributed by atoms with Gasteiger partial charge in [0.15, 0.2) is 0 Å². The number of rotatable bonds is 2. The fourth-order valence-corrected chi connectivity index (χ4v) is 4.58. The molecule has 2 aliphatic rings. The number of carbonyl (C=O) groups is 1.